The second-order valence-corrected chi connectivity index (χ2v) is 7.09. The molecule has 0 spiro atoms. The molecule has 0 saturated carbocycles. The average molecular weight is 335 g/mol. The molecule has 0 aliphatic carbocycles. The molecule has 3 aliphatic heterocycles. The lowest BCUT2D eigenvalue weighted by Gasteiger charge is -2.31. The molecule has 1 N–H and O–H groups in total. The van der Waals surface area contributed by atoms with Gasteiger partial charge in [-0.15, -0.1) is 0 Å². The summed E-state index contributed by atoms with van der Waals surface area (Å²) >= 11 is 0. The maximum Gasteiger partial charge on any atom is 0.338 e. The number of allylic oxidation sites excluding steroid dienone is 1. The Morgan fingerprint density at radius 1 is 1.42 bits per heavy atom. The summed E-state index contributed by atoms with van der Waals surface area (Å²) < 4.78 is 11.2. The summed E-state index contributed by atoms with van der Waals surface area (Å²) in [4.78, 5) is 27.1. The largest absolute Gasteiger partial charge is 0.459 e. The van der Waals surface area contributed by atoms with Crippen LogP contribution < -0.4 is 0 Å². The number of carbonyl (C=O) groups excluding carboxylic acids is 2. The molecular weight excluding hydrogens is 310 g/mol. The molecule has 6 heteroatoms. The van der Waals surface area contributed by atoms with Crippen LogP contribution in [0.2, 0.25) is 0 Å². The molecule has 0 radical (unpaired) electrons. The van der Waals surface area contributed by atoms with Crippen molar-refractivity contribution in [1.29, 1.82) is 0 Å². The van der Waals surface area contributed by atoms with Crippen molar-refractivity contribution in [3.8, 4) is 0 Å². The maximum atomic E-state index is 12.5. The van der Waals surface area contributed by atoms with Crippen molar-refractivity contribution in [1.82, 2.24) is 4.90 Å². The van der Waals surface area contributed by atoms with Gasteiger partial charge in [-0.1, -0.05) is 19.1 Å². The maximum absolute atomic E-state index is 12.5. The highest BCUT2D eigenvalue weighted by Crippen LogP contribution is 2.34. The Balaban J connectivity index is 1.91. The lowest BCUT2D eigenvalue weighted by atomic mass is 9.85. The van der Waals surface area contributed by atoms with Gasteiger partial charge in [0.1, 0.15) is 12.7 Å². The van der Waals surface area contributed by atoms with Crippen LogP contribution in [0.4, 0.5) is 0 Å². The van der Waals surface area contributed by atoms with Gasteiger partial charge in [0, 0.05) is 18.7 Å². The molecule has 0 bridgehead atoms. The van der Waals surface area contributed by atoms with Crippen molar-refractivity contribution in [2.45, 2.75) is 51.4 Å². The predicted octanol–water partition coefficient (Wildman–Crippen LogP) is 1.19. The fraction of sp³-hybridized carbons (Fsp3) is 0.667. The summed E-state index contributed by atoms with van der Waals surface area (Å²) in [5.41, 5.74) is -0.218. The second kappa shape index (κ2) is 6.33. The van der Waals surface area contributed by atoms with E-state index >= 15 is 0 Å². The summed E-state index contributed by atoms with van der Waals surface area (Å²) in [6.45, 7) is 6.71. The Labute approximate surface area is 142 Å². The standard InChI is InChI=1S/C18H25NO5/c1-4-12-9-11(2)18(3,22)17(21)23-10-13-5-7-19-8-6-14(15(13)19)24-16(12)20/h4-5,11,14-15,22H,6-10H2,1-3H3/b12-4-/t11?,14?,15-,18?/m1/s1. The fourth-order valence-electron chi connectivity index (χ4n) is 3.68. The molecule has 2 fully saturated rings. The van der Waals surface area contributed by atoms with Crippen molar-refractivity contribution < 1.29 is 24.2 Å². The number of ether oxygens (including phenoxy) is 2. The third kappa shape index (κ3) is 2.89. The lowest BCUT2D eigenvalue weighted by Crippen LogP contribution is -2.45. The molecular formula is C18H25NO5. The van der Waals surface area contributed by atoms with Crippen LogP contribution in [0.25, 0.3) is 0 Å². The van der Waals surface area contributed by atoms with Crippen LogP contribution in [0.15, 0.2) is 23.3 Å². The Bertz CT molecular complexity index is 607. The quantitative estimate of drug-likeness (QED) is 0.407. The number of rotatable bonds is 0. The van der Waals surface area contributed by atoms with Crippen LogP contribution in [-0.4, -0.2) is 59.4 Å². The van der Waals surface area contributed by atoms with E-state index in [9.17, 15) is 14.7 Å². The smallest absolute Gasteiger partial charge is 0.338 e. The molecule has 6 nitrogen and oxygen atoms in total. The van der Waals surface area contributed by atoms with Crippen LogP contribution in [0, 0.1) is 5.92 Å². The number of esters is 2. The average Bonchev–Trinajstić information content (AvgIpc) is 3.12. The van der Waals surface area contributed by atoms with Gasteiger partial charge in [0.25, 0.3) is 0 Å². The van der Waals surface area contributed by atoms with E-state index in [2.05, 4.69) is 4.90 Å². The number of aliphatic hydroxyl groups is 1. The molecule has 0 aromatic rings. The zero-order valence-electron chi connectivity index (χ0n) is 14.4. The van der Waals surface area contributed by atoms with E-state index in [1.807, 2.05) is 6.08 Å². The van der Waals surface area contributed by atoms with Crippen LogP contribution in [0.3, 0.4) is 0 Å². The number of hydrogen-bond acceptors (Lipinski definition) is 6. The van der Waals surface area contributed by atoms with Gasteiger partial charge in [-0.25, -0.2) is 9.59 Å². The number of carbonyl (C=O) groups is 2. The monoisotopic (exact) mass is 335 g/mol. The normalized spacial score (nSPS) is 39.6. The summed E-state index contributed by atoms with van der Waals surface area (Å²) in [6, 6.07) is -0.0262. The molecule has 2 saturated heterocycles. The fourth-order valence-corrected chi connectivity index (χ4v) is 3.68. The molecule has 3 unspecified atom stereocenters. The highest BCUT2D eigenvalue weighted by atomic mass is 16.6. The van der Waals surface area contributed by atoms with Gasteiger partial charge in [0.2, 0.25) is 0 Å². The minimum absolute atomic E-state index is 0.0262. The minimum Gasteiger partial charge on any atom is -0.459 e. The molecule has 3 heterocycles. The van der Waals surface area contributed by atoms with Crippen molar-refractivity contribution in [3.63, 3.8) is 0 Å². The van der Waals surface area contributed by atoms with Crippen molar-refractivity contribution in [3.05, 3.63) is 23.3 Å². The van der Waals surface area contributed by atoms with Gasteiger partial charge in [-0.2, -0.15) is 0 Å². The third-order valence-corrected chi connectivity index (χ3v) is 5.55. The van der Waals surface area contributed by atoms with E-state index in [1.54, 1.807) is 19.9 Å². The number of nitrogens with zero attached hydrogens (tertiary/aromatic N) is 1. The molecule has 0 amide bonds. The first-order chi connectivity index (χ1) is 11.3. The first kappa shape index (κ1) is 17.2. The van der Waals surface area contributed by atoms with Crippen molar-refractivity contribution >= 4 is 11.9 Å². The van der Waals surface area contributed by atoms with E-state index in [-0.39, 0.29) is 31.1 Å². The zero-order chi connectivity index (χ0) is 17.5. The van der Waals surface area contributed by atoms with Gasteiger partial charge in [-0.05, 0) is 38.2 Å². The van der Waals surface area contributed by atoms with Crippen molar-refractivity contribution in [2.24, 2.45) is 5.92 Å². The lowest BCUT2D eigenvalue weighted by molar-refractivity contribution is -0.169. The van der Waals surface area contributed by atoms with Gasteiger partial charge in [-0.3, -0.25) is 4.90 Å². The zero-order valence-corrected chi connectivity index (χ0v) is 14.4. The van der Waals surface area contributed by atoms with E-state index in [4.69, 9.17) is 9.47 Å². The third-order valence-electron chi connectivity index (χ3n) is 5.55. The van der Waals surface area contributed by atoms with E-state index in [1.165, 1.54) is 6.92 Å². The summed E-state index contributed by atoms with van der Waals surface area (Å²) in [7, 11) is 0. The topological polar surface area (TPSA) is 76.1 Å². The molecule has 0 aromatic carbocycles. The van der Waals surface area contributed by atoms with Crippen LogP contribution in [0.1, 0.15) is 33.6 Å². The van der Waals surface area contributed by atoms with E-state index in [0.717, 1.165) is 25.1 Å². The Morgan fingerprint density at radius 2 is 2.17 bits per heavy atom. The summed E-state index contributed by atoms with van der Waals surface area (Å²) in [5.74, 6) is -1.46. The molecule has 3 rings (SSSR count). The SMILES string of the molecule is C/C=C1/CC(C)C(C)(O)C(=O)OCC2=CCN3CCC(OC1=O)[C@@H]23. The predicted molar refractivity (Wildman–Crippen MR) is 87.1 cm³/mol. The van der Waals surface area contributed by atoms with Crippen LogP contribution in [-0.2, 0) is 19.1 Å². The minimum atomic E-state index is -1.65. The first-order valence-electron chi connectivity index (χ1n) is 8.53. The molecule has 3 aliphatic rings. The molecule has 132 valence electrons. The first-order valence-corrected chi connectivity index (χ1v) is 8.53. The second-order valence-electron chi connectivity index (χ2n) is 7.09. The van der Waals surface area contributed by atoms with Gasteiger partial charge >= 0.3 is 11.9 Å². The number of hydrogen-bond donors (Lipinski definition) is 1. The molecule has 0 aromatic heterocycles. The number of cyclic esters (lactones) is 1. The molecule has 24 heavy (non-hydrogen) atoms. The van der Waals surface area contributed by atoms with Gasteiger partial charge in [0.15, 0.2) is 5.60 Å². The Hall–Kier alpha value is -1.66. The van der Waals surface area contributed by atoms with Crippen LogP contribution >= 0.6 is 0 Å². The Morgan fingerprint density at radius 3 is 2.88 bits per heavy atom. The van der Waals surface area contributed by atoms with Gasteiger partial charge in [0.05, 0.1) is 6.04 Å². The molecule has 4 atom stereocenters. The van der Waals surface area contributed by atoms with Gasteiger partial charge < -0.3 is 14.6 Å². The summed E-state index contributed by atoms with van der Waals surface area (Å²) in [5, 5.41) is 10.6. The Kier molecular flexibility index (Phi) is 4.53. The summed E-state index contributed by atoms with van der Waals surface area (Å²) in [6.07, 6.45) is 4.56. The van der Waals surface area contributed by atoms with Crippen molar-refractivity contribution in [2.75, 3.05) is 19.7 Å². The highest BCUT2D eigenvalue weighted by molar-refractivity contribution is 5.89. The highest BCUT2D eigenvalue weighted by Gasteiger charge is 2.45. The van der Waals surface area contributed by atoms with E-state index in [0.29, 0.717) is 5.57 Å². The van der Waals surface area contributed by atoms with Crippen LogP contribution in [0.5, 0.6) is 0 Å². The van der Waals surface area contributed by atoms with E-state index < -0.39 is 17.5 Å².